The number of nitrogens with one attached hydrogen (secondary N) is 3. The van der Waals surface area contributed by atoms with Crippen molar-refractivity contribution >= 4 is 23.2 Å². The molecule has 4 aromatic rings. The van der Waals surface area contributed by atoms with Gasteiger partial charge in [0.1, 0.15) is 6.04 Å². The highest BCUT2D eigenvalue weighted by Crippen LogP contribution is 2.29. The van der Waals surface area contributed by atoms with E-state index in [1.54, 1.807) is 24.3 Å². The van der Waals surface area contributed by atoms with Crippen LogP contribution in [-0.4, -0.2) is 45.0 Å². The van der Waals surface area contributed by atoms with Gasteiger partial charge in [-0.3, -0.25) is 9.59 Å². The van der Waals surface area contributed by atoms with Gasteiger partial charge >= 0.3 is 0 Å². The second-order valence-corrected chi connectivity index (χ2v) is 10.3. The van der Waals surface area contributed by atoms with Gasteiger partial charge < -0.3 is 22.1 Å². The zero-order valence-electron chi connectivity index (χ0n) is 22.2. The molecule has 3 aromatic carbocycles. The lowest BCUT2D eigenvalue weighted by molar-refractivity contribution is -0.130. The summed E-state index contributed by atoms with van der Waals surface area (Å²) in [5.41, 5.74) is 16.9. The summed E-state index contributed by atoms with van der Waals surface area (Å²) in [4.78, 5) is 26.7. The van der Waals surface area contributed by atoms with Crippen LogP contribution in [0.2, 0.25) is 0 Å². The number of nitrogen functional groups attached to an aromatic ring is 1. The summed E-state index contributed by atoms with van der Waals surface area (Å²) in [6.45, 7) is 0.648. The molecule has 1 aliphatic carbocycles. The molecule has 1 aromatic heterocycles. The first-order chi connectivity index (χ1) is 19.5. The van der Waals surface area contributed by atoms with Crippen LogP contribution in [0.4, 0.5) is 11.4 Å². The Bertz CT molecular complexity index is 1410. The number of para-hydroxylation sites is 1. The molecule has 1 fully saturated rings. The van der Waals surface area contributed by atoms with Gasteiger partial charge in [-0.2, -0.15) is 5.21 Å². The Labute approximate surface area is 232 Å². The number of carbonyl (C=O) groups is 2. The van der Waals surface area contributed by atoms with E-state index in [4.69, 9.17) is 11.5 Å². The van der Waals surface area contributed by atoms with Crippen molar-refractivity contribution < 1.29 is 9.59 Å². The summed E-state index contributed by atoms with van der Waals surface area (Å²) in [7, 11) is 0. The number of aromatic amines is 1. The van der Waals surface area contributed by atoms with Gasteiger partial charge in [-0.05, 0) is 84.8 Å². The molecule has 1 aliphatic rings. The molecule has 10 nitrogen and oxygen atoms in total. The van der Waals surface area contributed by atoms with Crippen LogP contribution in [0.15, 0.2) is 72.8 Å². The third-order valence-corrected chi connectivity index (χ3v) is 7.61. The molecule has 0 saturated heterocycles. The van der Waals surface area contributed by atoms with Crippen molar-refractivity contribution in [2.24, 2.45) is 17.6 Å². The Morgan fingerprint density at radius 2 is 1.62 bits per heavy atom. The second kappa shape index (κ2) is 12.5. The molecular weight excluding hydrogens is 504 g/mol. The van der Waals surface area contributed by atoms with Crippen molar-refractivity contribution in [1.82, 2.24) is 25.9 Å². The van der Waals surface area contributed by atoms with Crippen LogP contribution in [0.5, 0.6) is 0 Å². The largest absolute Gasteiger partial charge is 0.398 e. The molecule has 1 saturated carbocycles. The van der Waals surface area contributed by atoms with Crippen LogP contribution in [-0.2, 0) is 16.0 Å². The van der Waals surface area contributed by atoms with Crippen LogP contribution >= 0.6 is 0 Å². The number of nitrogens with zero attached hydrogens (tertiary/aromatic N) is 3. The quantitative estimate of drug-likeness (QED) is 0.203. The Morgan fingerprint density at radius 1 is 0.925 bits per heavy atom. The summed E-state index contributed by atoms with van der Waals surface area (Å²) in [6, 6.07) is 22.0. The maximum absolute atomic E-state index is 13.5. The third-order valence-electron chi connectivity index (χ3n) is 7.61. The average molecular weight is 539 g/mol. The normalized spacial score (nSPS) is 17.6. The minimum Gasteiger partial charge on any atom is -0.398 e. The molecule has 206 valence electrons. The van der Waals surface area contributed by atoms with Crippen molar-refractivity contribution in [3.8, 4) is 22.5 Å². The average Bonchev–Trinajstić information content (AvgIpc) is 3.53. The summed E-state index contributed by atoms with van der Waals surface area (Å²) < 4.78 is 0. The van der Waals surface area contributed by atoms with E-state index in [1.165, 1.54) is 0 Å². The molecule has 0 unspecified atom stereocenters. The number of carbonyl (C=O) groups excluding carboxylic acids is 2. The fourth-order valence-corrected chi connectivity index (χ4v) is 5.19. The van der Waals surface area contributed by atoms with Crippen LogP contribution in [0.3, 0.4) is 0 Å². The number of rotatable bonds is 9. The number of hydrogen-bond acceptors (Lipinski definition) is 7. The minimum atomic E-state index is -0.746. The van der Waals surface area contributed by atoms with E-state index in [1.807, 2.05) is 48.5 Å². The lowest BCUT2D eigenvalue weighted by atomic mass is 9.81. The molecule has 1 heterocycles. The third kappa shape index (κ3) is 6.52. The smallest absolute Gasteiger partial charge is 0.247 e. The number of anilines is 2. The lowest BCUT2D eigenvalue weighted by Gasteiger charge is -2.28. The van der Waals surface area contributed by atoms with Gasteiger partial charge in [0.2, 0.25) is 17.6 Å². The number of amides is 2. The molecule has 1 atom stereocenters. The highest BCUT2D eigenvalue weighted by molar-refractivity contribution is 5.97. The maximum Gasteiger partial charge on any atom is 0.247 e. The van der Waals surface area contributed by atoms with Gasteiger partial charge in [0, 0.05) is 34.8 Å². The Balaban J connectivity index is 1.30. The van der Waals surface area contributed by atoms with Crippen molar-refractivity contribution in [3.05, 3.63) is 78.4 Å². The lowest BCUT2D eigenvalue weighted by Crippen LogP contribution is -2.48. The molecule has 5 rings (SSSR count). The minimum absolute atomic E-state index is 0.0863. The standard InChI is InChI=1S/C30H34N8O2/c31-18-20-7-11-23(12-8-20)29(39)34-27(17-19-5-9-21(10-6-19)25-3-1-2-4-26(25)32)30(40)33-24-15-13-22(14-16-24)28-35-37-38-36-28/h1-6,9-10,13-16,20,23,27H,7-8,11-12,17-18,31-32H2,(H,33,40)(H,34,39)(H,35,36,37,38)/t20?,23?,27-/m0/s1. The van der Waals surface area contributed by atoms with Crippen LogP contribution in [0.25, 0.3) is 22.5 Å². The SMILES string of the molecule is NCC1CCC(C(=O)N[C@@H](Cc2ccc(-c3ccccc3N)cc2)C(=O)Nc2ccc(-c3nn[nH]n3)cc2)CC1. The molecule has 0 bridgehead atoms. The number of hydrogen-bond donors (Lipinski definition) is 5. The van der Waals surface area contributed by atoms with E-state index in [-0.39, 0.29) is 17.7 Å². The van der Waals surface area contributed by atoms with Crippen molar-refractivity contribution in [3.63, 3.8) is 0 Å². The zero-order valence-corrected chi connectivity index (χ0v) is 22.2. The first kappa shape index (κ1) is 27.0. The van der Waals surface area contributed by atoms with Gasteiger partial charge in [0.15, 0.2) is 0 Å². The van der Waals surface area contributed by atoms with E-state index in [2.05, 4.69) is 31.3 Å². The number of nitrogens with two attached hydrogens (primary N) is 2. The Kier molecular flexibility index (Phi) is 8.46. The first-order valence-electron chi connectivity index (χ1n) is 13.6. The van der Waals surface area contributed by atoms with Gasteiger partial charge in [-0.15, -0.1) is 10.2 Å². The van der Waals surface area contributed by atoms with Gasteiger partial charge in [-0.1, -0.05) is 42.5 Å². The van der Waals surface area contributed by atoms with Crippen molar-refractivity contribution in [1.29, 1.82) is 0 Å². The maximum atomic E-state index is 13.5. The van der Waals surface area contributed by atoms with Crippen molar-refractivity contribution in [2.45, 2.75) is 38.1 Å². The first-order valence-corrected chi connectivity index (χ1v) is 13.6. The molecular formula is C30H34N8O2. The Hall–Kier alpha value is -4.57. The second-order valence-electron chi connectivity index (χ2n) is 10.3. The van der Waals surface area contributed by atoms with E-state index in [0.717, 1.165) is 47.9 Å². The molecule has 0 aliphatic heterocycles. The molecule has 10 heteroatoms. The molecule has 2 amide bonds. The Morgan fingerprint density at radius 3 is 2.27 bits per heavy atom. The van der Waals surface area contributed by atoms with E-state index in [0.29, 0.717) is 36.1 Å². The number of tetrazole rings is 1. The molecule has 7 N–H and O–H groups in total. The number of benzene rings is 3. The predicted molar refractivity (Wildman–Crippen MR) is 155 cm³/mol. The van der Waals surface area contributed by atoms with Gasteiger partial charge in [0.05, 0.1) is 0 Å². The fraction of sp³-hybridized carbons (Fsp3) is 0.300. The summed E-state index contributed by atoms with van der Waals surface area (Å²) in [5.74, 6) is 0.448. The van der Waals surface area contributed by atoms with Gasteiger partial charge in [0.25, 0.3) is 0 Å². The monoisotopic (exact) mass is 538 g/mol. The summed E-state index contributed by atoms with van der Waals surface area (Å²) in [6.07, 6.45) is 3.78. The highest BCUT2D eigenvalue weighted by atomic mass is 16.2. The highest BCUT2D eigenvalue weighted by Gasteiger charge is 2.29. The van der Waals surface area contributed by atoms with Crippen LogP contribution < -0.4 is 22.1 Å². The molecule has 0 spiro atoms. The van der Waals surface area contributed by atoms with E-state index in [9.17, 15) is 9.59 Å². The van der Waals surface area contributed by atoms with E-state index >= 15 is 0 Å². The van der Waals surface area contributed by atoms with Crippen molar-refractivity contribution in [2.75, 3.05) is 17.6 Å². The zero-order chi connectivity index (χ0) is 27.9. The number of H-pyrrole nitrogens is 1. The summed E-state index contributed by atoms with van der Waals surface area (Å²) >= 11 is 0. The molecule has 40 heavy (non-hydrogen) atoms. The van der Waals surface area contributed by atoms with Crippen LogP contribution in [0, 0.1) is 11.8 Å². The topological polar surface area (TPSA) is 165 Å². The fourth-order valence-electron chi connectivity index (χ4n) is 5.19. The van der Waals surface area contributed by atoms with Crippen LogP contribution in [0.1, 0.15) is 31.2 Å². The van der Waals surface area contributed by atoms with E-state index < -0.39 is 6.04 Å². The molecule has 0 radical (unpaired) electrons. The predicted octanol–water partition coefficient (Wildman–Crippen LogP) is 3.55. The summed E-state index contributed by atoms with van der Waals surface area (Å²) in [5, 5.41) is 19.9. The number of aromatic nitrogens is 4. The van der Waals surface area contributed by atoms with Gasteiger partial charge in [-0.25, -0.2) is 0 Å².